The maximum Gasteiger partial charge on any atom is 0.246 e. The number of hydrogen-bond donors (Lipinski definition) is 1. The number of likely N-dealkylation sites (tertiary alicyclic amines) is 1. The summed E-state index contributed by atoms with van der Waals surface area (Å²) in [6.07, 6.45) is 1.31. The Morgan fingerprint density at radius 1 is 1.64 bits per heavy atom. The molecular formula is C15H19FN4O2. The van der Waals surface area contributed by atoms with Crippen LogP contribution in [-0.4, -0.2) is 51.1 Å². The number of piperidine rings is 1. The molecule has 0 unspecified atom stereocenters. The first-order valence-electron chi connectivity index (χ1n) is 7.12. The molecule has 2 atom stereocenters. The van der Waals surface area contributed by atoms with Gasteiger partial charge in [-0.3, -0.25) is 4.79 Å². The van der Waals surface area contributed by atoms with E-state index in [1.165, 1.54) is 11.0 Å². The number of aryl methyl sites for hydroxylation is 1. The van der Waals surface area contributed by atoms with Gasteiger partial charge in [0, 0.05) is 14.2 Å². The number of fused-ring (bicyclic) bond motifs is 1. The fourth-order valence-electron chi connectivity index (χ4n) is 2.58. The number of aromatic nitrogens is 3. The number of hydrogen-bond acceptors (Lipinski definition) is 4. The van der Waals surface area contributed by atoms with Crippen molar-refractivity contribution in [3.8, 4) is 5.88 Å². The minimum absolute atomic E-state index is 0. The Balaban J connectivity index is 0.00000192. The highest BCUT2D eigenvalue weighted by atomic mass is 19.1. The highest BCUT2D eigenvalue weighted by Gasteiger charge is 2.33. The summed E-state index contributed by atoms with van der Waals surface area (Å²) in [6.45, 7) is 5.75. The van der Waals surface area contributed by atoms with Gasteiger partial charge in [0.25, 0.3) is 0 Å². The number of alkyl halides is 1. The molecule has 0 saturated carbocycles. The molecule has 0 radical (unpaired) electrons. The number of nitrogens with one attached hydrogen (secondary N) is 1. The first kappa shape index (κ1) is 14.5. The fourth-order valence-corrected chi connectivity index (χ4v) is 2.58. The maximum absolute atomic E-state index is 14.2. The summed E-state index contributed by atoms with van der Waals surface area (Å²) >= 11 is 0. The fraction of sp³-hybridized carbons (Fsp3) is 0.400. The summed E-state index contributed by atoms with van der Waals surface area (Å²) in [7, 11) is 0. The van der Waals surface area contributed by atoms with Crippen molar-refractivity contribution >= 4 is 16.9 Å². The zero-order valence-electron chi connectivity index (χ0n) is 12.3. The van der Waals surface area contributed by atoms with Crippen LogP contribution in [0.15, 0.2) is 24.9 Å². The number of carbonyl (C=O) groups is 1. The molecule has 22 heavy (non-hydrogen) atoms. The zero-order chi connectivity index (χ0) is 15.7. The van der Waals surface area contributed by atoms with Gasteiger partial charge in [-0.25, -0.2) is 9.37 Å². The van der Waals surface area contributed by atoms with Gasteiger partial charge in [0.1, 0.15) is 23.7 Å². The second-order valence-electron chi connectivity index (χ2n) is 5.27. The van der Waals surface area contributed by atoms with Crippen molar-refractivity contribution in [3.05, 3.63) is 30.7 Å². The zero-order valence-corrected chi connectivity index (χ0v) is 12.3. The summed E-state index contributed by atoms with van der Waals surface area (Å²) in [5.41, 5.74) is 0.646. The lowest BCUT2D eigenvalue weighted by Crippen LogP contribution is -2.49. The molecule has 1 fully saturated rings. The third kappa shape index (κ3) is 2.66. The first-order chi connectivity index (χ1) is 10.6. The average molecular weight is 306 g/mol. The second kappa shape index (κ2) is 5.75. The summed E-state index contributed by atoms with van der Waals surface area (Å²) in [6, 6.07) is 1.78. The summed E-state index contributed by atoms with van der Waals surface area (Å²) in [5.74, 6) is 0.658. The van der Waals surface area contributed by atoms with E-state index in [1.54, 1.807) is 19.2 Å². The van der Waals surface area contributed by atoms with E-state index in [4.69, 9.17) is 4.74 Å². The van der Waals surface area contributed by atoms with Crippen molar-refractivity contribution in [2.45, 2.75) is 25.6 Å². The summed E-state index contributed by atoms with van der Waals surface area (Å²) in [5, 5.41) is 0.699. The molecule has 3 heterocycles. The lowest BCUT2D eigenvalue weighted by Gasteiger charge is -2.34. The van der Waals surface area contributed by atoms with Gasteiger partial charge in [-0.1, -0.05) is 6.58 Å². The molecule has 1 aliphatic heterocycles. The van der Waals surface area contributed by atoms with E-state index in [1.807, 2.05) is 0 Å². The molecule has 6 nitrogen and oxygen atoms in total. The molecule has 2 aromatic heterocycles. The van der Waals surface area contributed by atoms with E-state index >= 15 is 0 Å². The Kier molecular flexibility index (Phi) is 3.79. The predicted octanol–water partition coefficient (Wildman–Crippen LogP) is 2.02. The quantitative estimate of drug-likeness (QED) is 0.881. The number of rotatable bonds is 3. The number of carbonyl (C=O) groups excluding carboxylic acids is 1. The molecule has 1 saturated heterocycles. The Morgan fingerprint density at radius 3 is 3.23 bits per heavy atom. The number of aromatic amines is 1. The highest BCUT2D eigenvalue weighted by Crippen LogP contribution is 2.26. The van der Waals surface area contributed by atoms with Gasteiger partial charge in [-0.05, 0) is 25.5 Å². The van der Waals surface area contributed by atoms with Gasteiger partial charge < -0.3 is 14.6 Å². The van der Waals surface area contributed by atoms with Crippen LogP contribution in [0.25, 0.3) is 11.0 Å². The second-order valence-corrected chi connectivity index (χ2v) is 5.27. The maximum atomic E-state index is 14.2. The Labute approximate surface area is 128 Å². The van der Waals surface area contributed by atoms with Crippen LogP contribution in [0.1, 0.15) is 13.7 Å². The molecule has 1 aliphatic rings. The van der Waals surface area contributed by atoms with Crippen molar-refractivity contribution in [2.24, 2.45) is 0 Å². The van der Waals surface area contributed by atoms with Crippen LogP contribution in [0.2, 0.25) is 0 Å². The molecular weight excluding hydrogens is 287 g/mol. The Hall–Kier alpha value is -2.44. The third-order valence-corrected chi connectivity index (χ3v) is 3.72. The molecule has 7 heteroatoms. The minimum atomic E-state index is -1.14. The van der Waals surface area contributed by atoms with Gasteiger partial charge in [0.15, 0.2) is 0 Å². The Bertz CT molecular complexity index is 721. The molecule has 118 valence electrons. The molecule has 0 aliphatic carbocycles. The van der Waals surface area contributed by atoms with Crippen LogP contribution in [0.3, 0.4) is 0 Å². The molecule has 0 aromatic carbocycles. The lowest BCUT2D eigenvalue weighted by atomic mass is 10.1. The van der Waals surface area contributed by atoms with E-state index < -0.39 is 12.3 Å². The van der Waals surface area contributed by atoms with Crippen molar-refractivity contribution in [3.63, 3.8) is 0 Å². The van der Waals surface area contributed by atoms with Gasteiger partial charge >= 0.3 is 0 Å². The van der Waals surface area contributed by atoms with Crippen LogP contribution in [0, 0.1) is 6.92 Å². The number of halogens is 1. The number of nitrogens with zero attached hydrogens (tertiary/aromatic N) is 3. The van der Waals surface area contributed by atoms with Crippen LogP contribution < -0.4 is 4.74 Å². The molecule has 1 N–H and O–H groups in total. The van der Waals surface area contributed by atoms with E-state index in [9.17, 15) is 9.18 Å². The molecule has 0 bridgehead atoms. The van der Waals surface area contributed by atoms with Gasteiger partial charge in [-0.15, -0.1) is 0 Å². The minimum Gasteiger partial charge on any atom is -0.469 e. The monoisotopic (exact) mass is 306 g/mol. The van der Waals surface area contributed by atoms with Crippen molar-refractivity contribution in [1.29, 1.82) is 0 Å². The van der Waals surface area contributed by atoms with Gasteiger partial charge in [0.2, 0.25) is 11.8 Å². The third-order valence-electron chi connectivity index (χ3n) is 3.72. The van der Waals surface area contributed by atoms with E-state index in [0.29, 0.717) is 29.3 Å². The van der Waals surface area contributed by atoms with E-state index in [0.717, 1.165) is 0 Å². The van der Waals surface area contributed by atoms with Crippen molar-refractivity contribution < 1.29 is 15.3 Å². The van der Waals surface area contributed by atoms with Crippen molar-refractivity contribution in [1.82, 2.24) is 19.9 Å². The number of amides is 1. The molecule has 3 rings (SSSR count). The van der Waals surface area contributed by atoms with Gasteiger partial charge in [-0.2, -0.15) is 4.98 Å². The SMILES string of the molecule is C=CC(=O)N1CC[C@H](F)[C@H](Oc2nc(C)nc3[nH]ccc23)C1.[HH]. The van der Waals surface area contributed by atoms with Crippen LogP contribution in [-0.2, 0) is 4.79 Å². The van der Waals surface area contributed by atoms with Gasteiger partial charge in [0.05, 0.1) is 11.9 Å². The summed E-state index contributed by atoms with van der Waals surface area (Å²) in [4.78, 5) is 24.7. The van der Waals surface area contributed by atoms with Crippen LogP contribution >= 0.6 is 0 Å². The largest absolute Gasteiger partial charge is 0.469 e. The lowest BCUT2D eigenvalue weighted by molar-refractivity contribution is -0.130. The van der Waals surface area contributed by atoms with Crippen molar-refractivity contribution in [2.75, 3.05) is 13.1 Å². The summed E-state index contributed by atoms with van der Waals surface area (Å²) < 4.78 is 19.9. The standard InChI is InChI=1S/C15H17FN4O2.H2/c1-3-13(21)20-7-5-11(16)12(8-20)22-15-10-4-6-17-14(10)18-9(2)19-15;/h3-4,6,11-12H,1,5,7-8H2,2H3,(H,17,18,19);1H/t11-,12+;/m0./s1. The molecule has 0 spiro atoms. The first-order valence-corrected chi connectivity index (χ1v) is 7.12. The Morgan fingerprint density at radius 2 is 2.45 bits per heavy atom. The highest BCUT2D eigenvalue weighted by molar-refractivity contribution is 5.87. The number of H-pyrrole nitrogens is 1. The van der Waals surface area contributed by atoms with E-state index in [2.05, 4.69) is 21.5 Å². The predicted molar refractivity (Wildman–Crippen MR) is 81.4 cm³/mol. The topological polar surface area (TPSA) is 71.1 Å². The normalized spacial score (nSPS) is 21.8. The van der Waals surface area contributed by atoms with Crippen LogP contribution in [0.5, 0.6) is 5.88 Å². The average Bonchev–Trinajstić information content (AvgIpc) is 2.97. The van der Waals surface area contributed by atoms with Crippen LogP contribution in [0.4, 0.5) is 4.39 Å². The molecule has 1 amide bonds. The molecule has 2 aromatic rings. The smallest absolute Gasteiger partial charge is 0.246 e. The van der Waals surface area contributed by atoms with E-state index in [-0.39, 0.29) is 20.3 Å². The number of ether oxygens (including phenoxy) is 1.